The molecule has 78 valence electrons. The topological polar surface area (TPSA) is 76.2 Å². The van der Waals surface area contributed by atoms with Gasteiger partial charge in [-0.2, -0.15) is 0 Å². The summed E-state index contributed by atoms with van der Waals surface area (Å²) in [7, 11) is 0. The molecule has 1 aromatic carbocycles. The Morgan fingerprint density at radius 3 is 2.60 bits per heavy atom. The van der Waals surface area contributed by atoms with E-state index in [2.05, 4.69) is 12.2 Å². The molecule has 0 aliphatic heterocycles. The molecule has 0 saturated carbocycles. The minimum Gasteiger partial charge on any atom is -0.443 e. The van der Waals surface area contributed by atoms with Crippen LogP contribution < -0.4 is 4.74 Å². The highest BCUT2D eigenvalue weighted by Gasteiger charge is 2.05. The minimum atomic E-state index is -0.494. The number of nitro groups is 1. The van der Waals surface area contributed by atoms with Crippen molar-refractivity contribution < 1.29 is 9.66 Å². The zero-order valence-electron chi connectivity index (χ0n) is 7.67. The van der Waals surface area contributed by atoms with Gasteiger partial charge in [-0.15, -0.1) is 0 Å². The molecule has 0 fully saturated rings. The SMILES string of the molecule is N=C(CC=S)Oc1ccc([N+](=O)[O-])cc1. The van der Waals surface area contributed by atoms with Gasteiger partial charge >= 0.3 is 0 Å². The number of nitro benzene ring substituents is 1. The molecule has 0 amide bonds. The van der Waals surface area contributed by atoms with Crippen LogP contribution in [0.5, 0.6) is 5.75 Å². The molecule has 0 atom stereocenters. The molecule has 5 nitrogen and oxygen atoms in total. The Labute approximate surface area is 91.3 Å². The van der Waals surface area contributed by atoms with Gasteiger partial charge in [0.15, 0.2) is 5.90 Å². The molecule has 1 rings (SSSR count). The van der Waals surface area contributed by atoms with Crippen LogP contribution in [-0.4, -0.2) is 16.2 Å². The van der Waals surface area contributed by atoms with E-state index in [9.17, 15) is 10.1 Å². The number of nitrogens with one attached hydrogen (secondary N) is 1. The van der Waals surface area contributed by atoms with Gasteiger partial charge in [0.1, 0.15) is 5.75 Å². The number of nitrogens with zero attached hydrogens (tertiary/aromatic N) is 1. The lowest BCUT2D eigenvalue weighted by molar-refractivity contribution is -0.384. The van der Waals surface area contributed by atoms with Crippen molar-refractivity contribution in [2.45, 2.75) is 6.42 Å². The third kappa shape index (κ3) is 3.43. The summed E-state index contributed by atoms with van der Waals surface area (Å²) in [6, 6.07) is 5.52. The van der Waals surface area contributed by atoms with E-state index in [0.717, 1.165) is 0 Å². The molecule has 6 heteroatoms. The molecule has 0 bridgehead atoms. The Hall–Kier alpha value is -1.82. The van der Waals surface area contributed by atoms with Crippen LogP contribution in [-0.2, 0) is 0 Å². The average molecular weight is 224 g/mol. The number of thiocarbonyl (C=S) groups is 1. The lowest BCUT2D eigenvalue weighted by Crippen LogP contribution is -2.06. The fourth-order valence-electron chi connectivity index (χ4n) is 0.896. The van der Waals surface area contributed by atoms with Crippen LogP contribution in [0, 0.1) is 15.5 Å². The Morgan fingerprint density at radius 1 is 1.53 bits per heavy atom. The maximum absolute atomic E-state index is 10.3. The van der Waals surface area contributed by atoms with Crippen LogP contribution in [0.1, 0.15) is 6.42 Å². The highest BCUT2D eigenvalue weighted by Crippen LogP contribution is 2.17. The van der Waals surface area contributed by atoms with Gasteiger partial charge in [-0.25, -0.2) is 0 Å². The summed E-state index contributed by atoms with van der Waals surface area (Å²) in [4.78, 5) is 9.85. The van der Waals surface area contributed by atoms with Gasteiger partial charge < -0.3 is 4.74 Å². The third-order valence-corrected chi connectivity index (χ3v) is 1.72. The number of non-ortho nitro benzene ring substituents is 1. The smallest absolute Gasteiger partial charge is 0.269 e. The van der Waals surface area contributed by atoms with Crippen molar-refractivity contribution in [1.82, 2.24) is 0 Å². The fourth-order valence-corrected chi connectivity index (χ4v) is 1.05. The van der Waals surface area contributed by atoms with E-state index in [0.29, 0.717) is 5.75 Å². The summed E-state index contributed by atoms with van der Waals surface area (Å²) in [6.07, 6.45) is 0.256. The van der Waals surface area contributed by atoms with E-state index in [4.69, 9.17) is 10.1 Å². The molecule has 15 heavy (non-hydrogen) atoms. The first-order valence-corrected chi connectivity index (χ1v) is 4.54. The van der Waals surface area contributed by atoms with Crippen LogP contribution >= 0.6 is 12.2 Å². The van der Waals surface area contributed by atoms with Gasteiger partial charge in [0.25, 0.3) is 5.69 Å². The lowest BCUT2D eigenvalue weighted by Gasteiger charge is -2.03. The largest absolute Gasteiger partial charge is 0.443 e. The minimum absolute atomic E-state index is 0.0105. The van der Waals surface area contributed by atoms with Gasteiger partial charge in [-0.1, -0.05) is 12.2 Å². The van der Waals surface area contributed by atoms with Crippen molar-refractivity contribution in [1.29, 1.82) is 5.41 Å². The molecule has 1 aromatic rings. The number of rotatable bonds is 4. The normalized spacial score (nSPS) is 9.33. The second kappa shape index (κ2) is 5.16. The zero-order chi connectivity index (χ0) is 11.3. The van der Waals surface area contributed by atoms with E-state index in [1.54, 1.807) is 0 Å². The first-order chi connectivity index (χ1) is 7.13. The second-order valence-electron chi connectivity index (χ2n) is 2.65. The molecule has 0 aliphatic carbocycles. The Kier molecular flexibility index (Phi) is 3.87. The molecule has 0 radical (unpaired) electrons. The fraction of sp³-hybridized carbons (Fsp3) is 0.111. The van der Waals surface area contributed by atoms with Gasteiger partial charge in [-0.05, 0) is 17.5 Å². The number of ether oxygens (including phenoxy) is 1. The maximum atomic E-state index is 10.3. The molecule has 0 unspecified atom stereocenters. The maximum Gasteiger partial charge on any atom is 0.269 e. The molecule has 1 N–H and O–H groups in total. The van der Waals surface area contributed by atoms with E-state index < -0.39 is 4.92 Å². The monoisotopic (exact) mass is 224 g/mol. The van der Waals surface area contributed by atoms with Gasteiger partial charge in [0, 0.05) is 12.1 Å². The first-order valence-electron chi connectivity index (χ1n) is 4.07. The summed E-state index contributed by atoms with van der Waals surface area (Å²) in [5, 5.41) is 19.0. The highest BCUT2D eigenvalue weighted by atomic mass is 32.1. The van der Waals surface area contributed by atoms with E-state index in [1.807, 2.05) is 0 Å². The molecule has 0 saturated heterocycles. The summed E-state index contributed by atoms with van der Waals surface area (Å²) >= 11 is 4.56. The Morgan fingerprint density at radius 2 is 2.13 bits per heavy atom. The van der Waals surface area contributed by atoms with Crippen LogP contribution in [0.4, 0.5) is 5.69 Å². The summed E-state index contributed by atoms with van der Waals surface area (Å²) in [6.45, 7) is 0. The zero-order valence-corrected chi connectivity index (χ0v) is 8.49. The summed E-state index contributed by atoms with van der Waals surface area (Å²) in [5.41, 5.74) is -0.0105. The molecular formula is C9H8N2O3S. The van der Waals surface area contributed by atoms with Crippen molar-refractivity contribution >= 4 is 29.2 Å². The molecule has 0 aliphatic rings. The van der Waals surface area contributed by atoms with Crippen LogP contribution in [0.2, 0.25) is 0 Å². The van der Waals surface area contributed by atoms with Crippen molar-refractivity contribution in [3.63, 3.8) is 0 Å². The van der Waals surface area contributed by atoms with Crippen LogP contribution in [0.15, 0.2) is 24.3 Å². The van der Waals surface area contributed by atoms with Crippen molar-refractivity contribution in [2.75, 3.05) is 0 Å². The van der Waals surface area contributed by atoms with E-state index in [1.165, 1.54) is 29.6 Å². The number of hydrogen-bond acceptors (Lipinski definition) is 5. The first kappa shape index (κ1) is 11.3. The van der Waals surface area contributed by atoms with Crippen molar-refractivity contribution in [3.8, 4) is 5.75 Å². The third-order valence-electron chi connectivity index (χ3n) is 1.56. The van der Waals surface area contributed by atoms with Gasteiger partial charge in [0.2, 0.25) is 0 Å². The predicted molar refractivity (Wildman–Crippen MR) is 59.7 cm³/mol. The highest BCUT2D eigenvalue weighted by molar-refractivity contribution is 7.79. The van der Waals surface area contributed by atoms with E-state index >= 15 is 0 Å². The Bertz CT molecular complexity index is 389. The standard InChI is InChI=1S/C9H8N2O3S/c10-9(5-6-15)14-8-3-1-7(2-4-8)11(12)13/h1-4,6,10H,5H2. The molecule has 0 spiro atoms. The van der Waals surface area contributed by atoms with Gasteiger partial charge in [0.05, 0.1) is 11.3 Å². The summed E-state index contributed by atoms with van der Waals surface area (Å²) in [5.74, 6) is 0.404. The lowest BCUT2D eigenvalue weighted by atomic mass is 10.3. The molecule has 0 heterocycles. The molecule has 0 aromatic heterocycles. The Balaban J connectivity index is 2.68. The quantitative estimate of drug-likeness (QED) is 0.280. The summed E-state index contributed by atoms with van der Waals surface area (Å²) < 4.78 is 5.05. The van der Waals surface area contributed by atoms with Crippen LogP contribution in [0.3, 0.4) is 0 Å². The average Bonchev–Trinajstić information content (AvgIpc) is 2.18. The second-order valence-corrected chi connectivity index (χ2v) is 2.98. The van der Waals surface area contributed by atoms with E-state index in [-0.39, 0.29) is 18.0 Å². The van der Waals surface area contributed by atoms with Gasteiger partial charge in [-0.3, -0.25) is 15.5 Å². The van der Waals surface area contributed by atoms with Crippen molar-refractivity contribution in [3.05, 3.63) is 34.4 Å². The van der Waals surface area contributed by atoms with Crippen molar-refractivity contribution in [2.24, 2.45) is 0 Å². The number of benzene rings is 1. The number of hydrogen-bond donors (Lipinski definition) is 1. The molecular weight excluding hydrogens is 216 g/mol. The van der Waals surface area contributed by atoms with Crippen LogP contribution in [0.25, 0.3) is 0 Å². The predicted octanol–water partition coefficient (Wildman–Crippen LogP) is 2.34.